The topological polar surface area (TPSA) is 251 Å². The van der Waals surface area contributed by atoms with Crippen molar-refractivity contribution >= 4 is 35.6 Å². The van der Waals surface area contributed by atoms with Crippen LogP contribution in [-0.4, -0.2) is 81.7 Å². The molecule has 0 aliphatic carbocycles. The summed E-state index contributed by atoms with van der Waals surface area (Å²) in [6, 6.07) is -5.30. The normalized spacial score (nSPS) is 14.3. The molecule has 0 aromatic rings. The molecule has 0 saturated carbocycles. The lowest BCUT2D eigenvalue weighted by molar-refractivity contribution is -0.143. The number of rotatable bonds is 18. The lowest BCUT2D eigenvalue weighted by Crippen LogP contribution is -2.57. The van der Waals surface area contributed by atoms with E-state index in [1.54, 1.807) is 13.8 Å². The first kappa shape index (κ1) is 31.7. The minimum atomic E-state index is -1.60. The molecule has 0 heterocycles. The first-order valence-corrected chi connectivity index (χ1v) is 11.3. The van der Waals surface area contributed by atoms with Gasteiger partial charge < -0.3 is 42.7 Å². The zero-order chi connectivity index (χ0) is 27.1. The number of carboxylic acid groups (broad SMARTS) is 3. The smallest absolute Gasteiger partial charge is 0.326 e. The van der Waals surface area contributed by atoms with Crippen molar-refractivity contribution < 1.29 is 44.1 Å². The standard InChI is InChI=1S/C21H37N5O9/c1-11(2)9-14(19(32)24-13(21(34)35)5-3-4-8-22)26-20(33)15(10-17(29)30)25-18(31)12(23)6-7-16(27)28/h11-15H,3-10,22-23H2,1-2H3,(H,24,32)(H,25,31)(H,26,33)(H,27,28)(H,29,30)(H,34,35). The van der Waals surface area contributed by atoms with Gasteiger partial charge in [-0.1, -0.05) is 13.8 Å². The van der Waals surface area contributed by atoms with Crippen LogP contribution in [-0.2, 0) is 28.8 Å². The summed E-state index contributed by atoms with van der Waals surface area (Å²) in [5, 5.41) is 34.2. The summed E-state index contributed by atoms with van der Waals surface area (Å²) in [5.74, 6) is -6.64. The van der Waals surface area contributed by atoms with E-state index in [9.17, 15) is 33.9 Å². The highest BCUT2D eigenvalue weighted by molar-refractivity contribution is 5.95. The van der Waals surface area contributed by atoms with Crippen molar-refractivity contribution in [2.75, 3.05) is 6.54 Å². The fraction of sp³-hybridized carbons (Fsp3) is 0.714. The zero-order valence-electron chi connectivity index (χ0n) is 20.0. The maximum atomic E-state index is 12.8. The van der Waals surface area contributed by atoms with Gasteiger partial charge in [0.2, 0.25) is 17.7 Å². The monoisotopic (exact) mass is 503 g/mol. The predicted octanol–water partition coefficient (Wildman–Crippen LogP) is -1.63. The number of carboxylic acids is 3. The highest BCUT2D eigenvalue weighted by Gasteiger charge is 2.31. The highest BCUT2D eigenvalue weighted by Crippen LogP contribution is 2.09. The van der Waals surface area contributed by atoms with Crippen molar-refractivity contribution in [3.63, 3.8) is 0 Å². The molecule has 14 heteroatoms. The van der Waals surface area contributed by atoms with Gasteiger partial charge in [0.15, 0.2) is 0 Å². The van der Waals surface area contributed by atoms with Crippen molar-refractivity contribution in [3.8, 4) is 0 Å². The van der Waals surface area contributed by atoms with Crippen molar-refractivity contribution in [2.24, 2.45) is 17.4 Å². The zero-order valence-corrected chi connectivity index (χ0v) is 20.0. The number of aliphatic carboxylic acids is 3. The van der Waals surface area contributed by atoms with Crippen LogP contribution in [0.3, 0.4) is 0 Å². The summed E-state index contributed by atoms with van der Waals surface area (Å²) >= 11 is 0. The van der Waals surface area contributed by atoms with Gasteiger partial charge in [0.25, 0.3) is 0 Å². The second kappa shape index (κ2) is 16.4. The van der Waals surface area contributed by atoms with Gasteiger partial charge in [0.1, 0.15) is 18.1 Å². The molecular formula is C21H37N5O9. The molecule has 4 atom stereocenters. The second-order valence-electron chi connectivity index (χ2n) is 8.57. The number of unbranched alkanes of at least 4 members (excludes halogenated alkanes) is 1. The molecule has 0 saturated heterocycles. The molecular weight excluding hydrogens is 466 g/mol. The van der Waals surface area contributed by atoms with Gasteiger partial charge in [-0.25, -0.2) is 4.79 Å². The quantitative estimate of drug-likeness (QED) is 0.0985. The molecule has 4 unspecified atom stereocenters. The number of nitrogens with one attached hydrogen (secondary N) is 3. The van der Waals surface area contributed by atoms with E-state index in [0.29, 0.717) is 19.4 Å². The third-order valence-electron chi connectivity index (χ3n) is 4.92. The first-order valence-electron chi connectivity index (χ1n) is 11.3. The fourth-order valence-corrected chi connectivity index (χ4v) is 3.07. The van der Waals surface area contributed by atoms with Crippen LogP contribution in [0.5, 0.6) is 0 Å². The number of nitrogens with two attached hydrogens (primary N) is 2. The summed E-state index contributed by atoms with van der Waals surface area (Å²) in [5.41, 5.74) is 11.0. The van der Waals surface area contributed by atoms with E-state index >= 15 is 0 Å². The fourth-order valence-electron chi connectivity index (χ4n) is 3.07. The molecule has 0 radical (unpaired) electrons. The molecule has 0 rings (SSSR count). The minimum absolute atomic E-state index is 0.108. The molecule has 10 N–H and O–H groups in total. The maximum Gasteiger partial charge on any atom is 0.326 e. The average Bonchev–Trinajstić information content (AvgIpc) is 2.74. The lowest BCUT2D eigenvalue weighted by atomic mass is 10.0. The molecule has 3 amide bonds. The summed E-state index contributed by atoms with van der Waals surface area (Å²) in [6.45, 7) is 3.89. The Morgan fingerprint density at radius 2 is 1.29 bits per heavy atom. The summed E-state index contributed by atoms with van der Waals surface area (Å²) in [6.07, 6.45) is -0.194. The third-order valence-corrected chi connectivity index (χ3v) is 4.92. The van der Waals surface area contributed by atoms with E-state index in [2.05, 4.69) is 16.0 Å². The second-order valence-corrected chi connectivity index (χ2v) is 8.57. The van der Waals surface area contributed by atoms with Crippen LogP contribution in [0.25, 0.3) is 0 Å². The molecule has 200 valence electrons. The number of hydrogen-bond acceptors (Lipinski definition) is 8. The van der Waals surface area contributed by atoms with Crippen LogP contribution < -0.4 is 27.4 Å². The lowest BCUT2D eigenvalue weighted by Gasteiger charge is -2.25. The van der Waals surface area contributed by atoms with Gasteiger partial charge in [-0.3, -0.25) is 24.0 Å². The van der Waals surface area contributed by atoms with Crippen LogP contribution >= 0.6 is 0 Å². The van der Waals surface area contributed by atoms with E-state index in [1.165, 1.54) is 0 Å². The van der Waals surface area contributed by atoms with Crippen molar-refractivity contribution in [3.05, 3.63) is 0 Å². The molecule has 35 heavy (non-hydrogen) atoms. The Labute approximate surface area is 203 Å². The van der Waals surface area contributed by atoms with E-state index in [1.807, 2.05) is 0 Å². The van der Waals surface area contributed by atoms with Gasteiger partial charge in [-0.05, 0) is 44.6 Å². The predicted molar refractivity (Wildman–Crippen MR) is 123 cm³/mol. The van der Waals surface area contributed by atoms with Gasteiger partial charge >= 0.3 is 17.9 Å². The van der Waals surface area contributed by atoms with Gasteiger partial charge in [-0.15, -0.1) is 0 Å². The van der Waals surface area contributed by atoms with Crippen molar-refractivity contribution in [1.82, 2.24) is 16.0 Å². The van der Waals surface area contributed by atoms with Gasteiger partial charge in [0, 0.05) is 6.42 Å². The number of carbonyl (C=O) groups excluding carboxylic acids is 3. The van der Waals surface area contributed by atoms with E-state index < -0.39 is 72.6 Å². The Morgan fingerprint density at radius 3 is 1.77 bits per heavy atom. The molecule has 0 aliphatic heterocycles. The average molecular weight is 504 g/mol. The Morgan fingerprint density at radius 1 is 0.743 bits per heavy atom. The van der Waals surface area contributed by atoms with Gasteiger partial charge in [-0.2, -0.15) is 0 Å². The molecule has 0 aromatic carbocycles. The number of amides is 3. The first-order chi connectivity index (χ1) is 16.3. The molecule has 14 nitrogen and oxygen atoms in total. The third kappa shape index (κ3) is 13.9. The largest absolute Gasteiger partial charge is 0.481 e. The van der Waals surface area contributed by atoms with Gasteiger partial charge in [0.05, 0.1) is 12.5 Å². The molecule has 0 aliphatic rings. The van der Waals surface area contributed by atoms with Crippen molar-refractivity contribution in [1.29, 1.82) is 0 Å². The Hall–Kier alpha value is -3.26. The minimum Gasteiger partial charge on any atom is -0.481 e. The number of carbonyl (C=O) groups is 6. The van der Waals surface area contributed by atoms with Crippen LogP contribution in [0, 0.1) is 5.92 Å². The Bertz CT molecular complexity index is 759. The molecule has 0 bridgehead atoms. The van der Waals surface area contributed by atoms with Crippen LogP contribution in [0.4, 0.5) is 0 Å². The van der Waals surface area contributed by atoms with Crippen molar-refractivity contribution in [2.45, 2.75) is 83.0 Å². The highest BCUT2D eigenvalue weighted by atomic mass is 16.4. The van der Waals surface area contributed by atoms with E-state index in [0.717, 1.165) is 0 Å². The van der Waals surface area contributed by atoms with E-state index in [4.69, 9.17) is 21.7 Å². The molecule has 0 fully saturated rings. The maximum absolute atomic E-state index is 12.8. The summed E-state index contributed by atoms with van der Waals surface area (Å²) < 4.78 is 0. The molecule has 0 aromatic heterocycles. The van der Waals surface area contributed by atoms with Crippen LogP contribution in [0.1, 0.15) is 58.8 Å². The van der Waals surface area contributed by atoms with Crippen LogP contribution in [0.2, 0.25) is 0 Å². The van der Waals surface area contributed by atoms with Crippen LogP contribution in [0.15, 0.2) is 0 Å². The Balaban J connectivity index is 5.45. The van der Waals surface area contributed by atoms with E-state index in [-0.39, 0.29) is 25.2 Å². The SMILES string of the molecule is CC(C)CC(NC(=O)C(CC(=O)O)NC(=O)C(N)CCC(=O)O)C(=O)NC(CCCCN)C(=O)O. The Kier molecular flexibility index (Phi) is 14.9. The summed E-state index contributed by atoms with van der Waals surface area (Å²) in [7, 11) is 0. The summed E-state index contributed by atoms with van der Waals surface area (Å²) in [4.78, 5) is 71.2. The number of hydrogen-bond donors (Lipinski definition) is 8. The molecule has 0 spiro atoms.